The third-order valence-corrected chi connectivity index (χ3v) is 6.88. The summed E-state index contributed by atoms with van der Waals surface area (Å²) < 4.78 is 1.85. The van der Waals surface area contributed by atoms with Crippen molar-refractivity contribution < 1.29 is 9.59 Å². The molecule has 0 spiro atoms. The van der Waals surface area contributed by atoms with Crippen molar-refractivity contribution in [2.24, 2.45) is 0 Å². The van der Waals surface area contributed by atoms with Crippen LogP contribution in [0.15, 0.2) is 14.3 Å². The normalized spacial score (nSPS) is 22.8. The highest BCUT2D eigenvalue weighted by Gasteiger charge is 2.37. The molecule has 7 heteroatoms. The molecule has 19 heavy (non-hydrogen) atoms. The Kier molecular flexibility index (Phi) is 3.70. The number of rotatable bonds is 1. The first-order chi connectivity index (χ1) is 9.06. The van der Waals surface area contributed by atoms with Gasteiger partial charge in [-0.05, 0) is 44.3 Å². The van der Waals surface area contributed by atoms with Crippen LogP contribution in [-0.2, 0) is 4.79 Å². The van der Waals surface area contributed by atoms with Gasteiger partial charge in [-0.15, -0.1) is 11.3 Å². The van der Waals surface area contributed by atoms with Crippen LogP contribution in [0.2, 0.25) is 0 Å². The van der Waals surface area contributed by atoms with Crippen molar-refractivity contribution in [3.05, 3.63) is 19.2 Å². The van der Waals surface area contributed by atoms with E-state index in [9.17, 15) is 9.59 Å². The van der Waals surface area contributed by atoms with Crippen molar-refractivity contribution in [2.75, 3.05) is 19.6 Å². The number of piperazine rings is 1. The SMILES string of the molecule is O=C(c1cc(Br)c(Br)s1)N1CCN2C(=O)CCC2C1. The lowest BCUT2D eigenvalue weighted by molar-refractivity contribution is -0.130. The predicted octanol–water partition coefficient (Wildman–Crippen LogP) is 2.72. The molecule has 3 heterocycles. The molecular formula is C12H12Br2N2O2S. The lowest BCUT2D eigenvalue weighted by atomic mass is 10.1. The smallest absolute Gasteiger partial charge is 0.264 e. The fourth-order valence-electron chi connectivity index (χ4n) is 2.66. The maximum atomic E-state index is 12.4. The number of carbonyl (C=O) groups is 2. The van der Waals surface area contributed by atoms with E-state index in [0.29, 0.717) is 26.1 Å². The maximum absolute atomic E-state index is 12.4. The highest BCUT2D eigenvalue weighted by atomic mass is 79.9. The topological polar surface area (TPSA) is 40.6 Å². The molecule has 1 unspecified atom stereocenters. The zero-order valence-corrected chi connectivity index (χ0v) is 14.1. The van der Waals surface area contributed by atoms with Crippen LogP contribution in [0.25, 0.3) is 0 Å². The van der Waals surface area contributed by atoms with E-state index in [-0.39, 0.29) is 17.9 Å². The summed E-state index contributed by atoms with van der Waals surface area (Å²) in [5.41, 5.74) is 0. The molecule has 0 bridgehead atoms. The number of fused-ring (bicyclic) bond motifs is 1. The third kappa shape index (κ3) is 2.48. The lowest BCUT2D eigenvalue weighted by Gasteiger charge is -2.37. The van der Waals surface area contributed by atoms with Crippen LogP contribution in [0.5, 0.6) is 0 Å². The highest BCUT2D eigenvalue weighted by molar-refractivity contribution is 9.13. The average Bonchev–Trinajstić information content (AvgIpc) is 2.93. The van der Waals surface area contributed by atoms with E-state index in [4.69, 9.17) is 0 Å². The molecule has 1 aromatic heterocycles. The summed E-state index contributed by atoms with van der Waals surface area (Å²) >= 11 is 8.25. The Morgan fingerprint density at radius 2 is 2.16 bits per heavy atom. The quantitative estimate of drug-likeness (QED) is 0.718. The van der Waals surface area contributed by atoms with E-state index < -0.39 is 0 Å². The van der Waals surface area contributed by atoms with Crippen molar-refractivity contribution in [2.45, 2.75) is 18.9 Å². The van der Waals surface area contributed by atoms with Gasteiger partial charge in [0.05, 0.1) is 8.66 Å². The Labute approximate surface area is 132 Å². The molecule has 4 nitrogen and oxygen atoms in total. The molecule has 2 aliphatic rings. The fraction of sp³-hybridized carbons (Fsp3) is 0.500. The standard InChI is InChI=1S/C12H12Br2N2O2S/c13-8-5-9(19-11(8)14)12(18)15-3-4-16-7(6-15)1-2-10(16)17/h5,7H,1-4,6H2. The molecule has 2 aliphatic heterocycles. The van der Waals surface area contributed by atoms with Crippen molar-refractivity contribution in [3.8, 4) is 0 Å². The summed E-state index contributed by atoms with van der Waals surface area (Å²) in [5, 5.41) is 0. The largest absolute Gasteiger partial charge is 0.336 e. The van der Waals surface area contributed by atoms with Gasteiger partial charge in [-0.1, -0.05) is 0 Å². The molecule has 2 amide bonds. The van der Waals surface area contributed by atoms with Gasteiger partial charge in [-0.25, -0.2) is 0 Å². The van der Waals surface area contributed by atoms with Crippen molar-refractivity contribution in [3.63, 3.8) is 0 Å². The van der Waals surface area contributed by atoms with Crippen molar-refractivity contribution in [1.29, 1.82) is 0 Å². The van der Waals surface area contributed by atoms with E-state index in [1.807, 2.05) is 15.9 Å². The summed E-state index contributed by atoms with van der Waals surface area (Å²) in [6, 6.07) is 2.07. The number of carbonyl (C=O) groups excluding carboxylic acids is 2. The first-order valence-electron chi connectivity index (χ1n) is 6.10. The first kappa shape index (κ1) is 13.6. The van der Waals surface area contributed by atoms with Crippen molar-refractivity contribution in [1.82, 2.24) is 9.80 Å². The van der Waals surface area contributed by atoms with Crippen LogP contribution in [0.3, 0.4) is 0 Å². The van der Waals surface area contributed by atoms with Gasteiger partial charge in [0.15, 0.2) is 0 Å². The Bertz CT molecular complexity index is 526. The Morgan fingerprint density at radius 1 is 1.37 bits per heavy atom. The molecule has 2 saturated heterocycles. The second-order valence-corrected chi connectivity index (χ2v) is 7.99. The zero-order chi connectivity index (χ0) is 13.6. The maximum Gasteiger partial charge on any atom is 0.264 e. The van der Waals surface area contributed by atoms with Gasteiger partial charge in [-0.2, -0.15) is 0 Å². The van der Waals surface area contributed by atoms with Crippen LogP contribution < -0.4 is 0 Å². The van der Waals surface area contributed by atoms with Crippen LogP contribution in [0, 0.1) is 0 Å². The number of nitrogens with zero attached hydrogens (tertiary/aromatic N) is 2. The third-order valence-electron chi connectivity index (χ3n) is 3.64. The molecule has 1 atom stereocenters. The van der Waals surface area contributed by atoms with Gasteiger partial charge in [0.25, 0.3) is 5.91 Å². The van der Waals surface area contributed by atoms with E-state index in [0.717, 1.165) is 19.6 Å². The van der Waals surface area contributed by atoms with Crippen molar-refractivity contribution >= 4 is 55.0 Å². The number of amides is 2. The molecule has 0 saturated carbocycles. The van der Waals surface area contributed by atoms with Gasteiger partial charge in [0.2, 0.25) is 5.91 Å². The zero-order valence-electron chi connectivity index (χ0n) is 10.1. The summed E-state index contributed by atoms with van der Waals surface area (Å²) in [5.74, 6) is 0.300. The minimum Gasteiger partial charge on any atom is -0.336 e. The number of halogens is 2. The molecule has 0 N–H and O–H groups in total. The minimum absolute atomic E-state index is 0.0652. The van der Waals surface area contributed by atoms with Crippen LogP contribution >= 0.6 is 43.2 Å². The number of hydrogen-bond donors (Lipinski definition) is 0. The van der Waals surface area contributed by atoms with E-state index in [2.05, 4.69) is 31.9 Å². The van der Waals surface area contributed by atoms with Crippen LogP contribution in [0.1, 0.15) is 22.5 Å². The lowest BCUT2D eigenvalue weighted by Crippen LogP contribution is -2.53. The van der Waals surface area contributed by atoms with Crippen LogP contribution in [0.4, 0.5) is 0 Å². The molecule has 2 fully saturated rings. The van der Waals surface area contributed by atoms with Gasteiger partial charge < -0.3 is 9.80 Å². The van der Waals surface area contributed by atoms with Gasteiger partial charge in [0.1, 0.15) is 0 Å². The number of thiophene rings is 1. The molecule has 3 rings (SSSR count). The molecular weight excluding hydrogens is 396 g/mol. The molecule has 1 aromatic rings. The van der Waals surface area contributed by atoms with E-state index >= 15 is 0 Å². The second kappa shape index (κ2) is 5.18. The molecule has 102 valence electrons. The van der Waals surface area contributed by atoms with Gasteiger partial charge in [-0.3, -0.25) is 9.59 Å². The minimum atomic E-state index is 0.0652. The van der Waals surface area contributed by atoms with Gasteiger partial charge in [0, 0.05) is 36.6 Å². The second-order valence-electron chi connectivity index (χ2n) is 4.76. The Hall–Kier alpha value is -0.400. The highest BCUT2D eigenvalue weighted by Crippen LogP contribution is 2.33. The van der Waals surface area contributed by atoms with E-state index in [1.165, 1.54) is 11.3 Å². The summed E-state index contributed by atoms with van der Waals surface area (Å²) in [4.78, 5) is 28.6. The fourth-order valence-corrected chi connectivity index (χ4v) is 4.66. The molecule has 0 radical (unpaired) electrons. The Balaban J connectivity index is 1.73. The molecule has 0 aromatic carbocycles. The first-order valence-corrected chi connectivity index (χ1v) is 8.50. The molecule has 0 aliphatic carbocycles. The van der Waals surface area contributed by atoms with E-state index in [1.54, 1.807) is 0 Å². The summed E-state index contributed by atoms with van der Waals surface area (Å²) in [6.07, 6.45) is 1.50. The average molecular weight is 408 g/mol. The summed E-state index contributed by atoms with van der Waals surface area (Å²) in [6.45, 7) is 1.97. The van der Waals surface area contributed by atoms with Gasteiger partial charge >= 0.3 is 0 Å². The van der Waals surface area contributed by atoms with Crippen LogP contribution in [-0.4, -0.2) is 47.3 Å². The number of hydrogen-bond acceptors (Lipinski definition) is 3. The summed E-state index contributed by atoms with van der Waals surface area (Å²) in [7, 11) is 0. The predicted molar refractivity (Wildman–Crippen MR) is 80.4 cm³/mol. The monoisotopic (exact) mass is 406 g/mol. The Morgan fingerprint density at radius 3 is 2.84 bits per heavy atom.